The Morgan fingerprint density at radius 1 is 0.976 bits per heavy atom. The molecule has 5 rings (SSSR count). The lowest BCUT2D eigenvalue weighted by molar-refractivity contribution is -0.139. The van der Waals surface area contributed by atoms with Gasteiger partial charge in [0.25, 0.3) is 0 Å². The van der Waals surface area contributed by atoms with E-state index >= 15 is 0 Å². The number of carbonyl (C=O) groups excluding carboxylic acids is 1. The number of rotatable bonds is 9. The van der Waals surface area contributed by atoms with Crippen molar-refractivity contribution in [2.45, 2.75) is 35.4 Å². The van der Waals surface area contributed by atoms with Gasteiger partial charge in [0.15, 0.2) is 16.4 Å². The Hall–Kier alpha value is -3.99. The van der Waals surface area contributed by atoms with Gasteiger partial charge in [0.2, 0.25) is 5.91 Å². The molecule has 1 unspecified atom stereocenters. The molecule has 1 atom stereocenters. The van der Waals surface area contributed by atoms with Crippen LogP contribution in [0.5, 0.6) is 5.75 Å². The summed E-state index contributed by atoms with van der Waals surface area (Å²) in [7, 11) is -2.06. The Labute approximate surface area is 245 Å². The van der Waals surface area contributed by atoms with Crippen LogP contribution in [0, 0.1) is 0 Å². The molecule has 10 heteroatoms. The molecule has 3 aromatic carbocycles. The normalized spacial score (nSPS) is 18.2. The molecule has 0 spiro atoms. The summed E-state index contributed by atoms with van der Waals surface area (Å²) in [5, 5.41) is 7.54. The Balaban J connectivity index is 1.41. The highest BCUT2D eigenvalue weighted by molar-refractivity contribution is 7.93. The number of carbonyl (C=O) groups is 2. The van der Waals surface area contributed by atoms with Crippen LogP contribution in [0.2, 0.25) is 0 Å². The minimum atomic E-state index is -4.02. The van der Waals surface area contributed by atoms with Crippen LogP contribution in [0.15, 0.2) is 83.8 Å². The molecule has 0 aromatic heterocycles. The number of carboxylic acid groups (broad SMARTS) is 1. The zero-order chi connectivity index (χ0) is 29.7. The van der Waals surface area contributed by atoms with Crippen LogP contribution in [-0.2, 0) is 24.2 Å². The average Bonchev–Trinajstić information content (AvgIpc) is 3.14. The van der Waals surface area contributed by atoms with Crippen molar-refractivity contribution in [3.05, 3.63) is 84.4 Å². The Morgan fingerprint density at radius 2 is 1.67 bits per heavy atom. The van der Waals surface area contributed by atoms with E-state index in [1.54, 1.807) is 59.5 Å². The third kappa shape index (κ3) is 6.56. The lowest BCUT2D eigenvalue weighted by Crippen LogP contribution is -2.50. The fraction of sp³-hybridized carbons (Fsp3) is 0.312. The summed E-state index contributed by atoms with van der Waals surface area (Å²) in [4.78, 5) is 28.7. The molecule has 1 N–H and O–H groups in total. The van der Waals surface area contributed by atoms with E-state index in [1.807, 2.05) is 37.4 Å². The van der Waals surface area contributed by atoms with Gasteiger partial charge >= 0.3 is 5.97 Å². The second kappa shape index (κ2) is 12.9. The third-order valence-electron chi connectivity index (χ3n) is 7.68. The van der Waals surface area contributed by atoms with Gasteiger partial charge in [-0.25, -0.2) is 13.2 Å². The molecule has 0 saturated carbocycles. The molecule has 1 amide bonds. The maximum absolute atomic E-state index is 14.1. The smallest absolute Gasteiger partial charge is 0.341 e. The van der Waals surface area contributed by atoms with Gasteiger partial charge in [0, 0.05) is 24.9 Å². The Bertz CT molecular complexity index is 1550. The number of allylic oxidation sites excluding steroid dienone is 1. The molecule has 42 heavy (non-hydrogen) atoms. The quantitative estimate of drug-likeness (QED) is 0.363. The van der Waals surface area contributed by atoms with Crippen LogP contribution in [0.4, 0.5) is 5.69 Å². The van der Waals surface area contributed by atoms with Gasteiger partial charge < -0.3 is 14.6 Å². The molecule has 2 aliphatic heterocycles. The monoisotopic (exact) mass is 590 g/mol. The molecule has 0 bridgehead atoms. The molecule has 2 aliphatic rings. The van der Waals surface area contributed by atoms with Crippen molar-refractivity contribution in [3.63, 3.8) is 0 Å². The SMILES string of the molecule is CN(CN(C(=O)C1CC=Cc2cc(-c3ccc(OCC(=O)O)cc3)ccc2S1(=O)=O)c1ccccc1)C1CCOCC1. The number of fused-ring (bicyclic) bond motifs is 1. The zero-order valence-corrected chi connectivity index (χ0v) is 24.2. The summed E-state index contributed by atoms with van der Waals surface area (Å²) in [5.41, 5.74) is 2.76. The summed E-state index contributed by atoms with van der Waals surface area (Å²) in [5.74, 6) is -1.10. The topological polar surface area (TPSA) is 113 Å². The molecular formula is C32H34N2O7S. The number of para-hydroxylation sites is 1. The molecule has 3 aromatic rings. The van der Waals surface area contributed by atoms with Crippen molar-refractivity contribution in [3.8, 4) is 16.9 Å². The maximum Gasteiger partial charge on any atom is 0.341 e. The fourth-order valence-corrected chi connectivity index (χ4v) is 7.14. The summed E-state index contributed by atoms with van der Waals surface area (Å²) in [6.45, 7) is 1.16. The summed E-state index contributed by atoms with van der Waals surface area (Å²) in [6.07, 6.45) is 5.28. The van der Waals surface area contributed by atoms with Crippen LogP contribution in [0.25, 0.3) is 17.2 Å². The third-order valence-corrected chi connectivity index (χ3v) is 9.80. The van der Waals surface area contributed by atoms with Gasteiger partial charge in [-0.15, -0.1) is 0 Å². The minimum Gasteiger partial charge on any atom is -0.482 e. The van der Waals surface area contributed by atoms with E-state index in [0.717, 1.165) is 24.0 Å². The minimum absolute atomic E-state index is 0.0606. The van der Waals surface area contributed by atoms with Crippen molar-refractivity contribution in [1.29, 1.82) is 0 Å². The standard InChI is InChI=1S/C32H34N2O7S/c1-33(26-16-18-40-19-17-26)22-34(27-7-3-2-4-8-27)32(37)30-9-5-6-25-20-24(12-15-29(25)42(30,38)39)23-10-13-28(14-11-23)41-21-31(35)36/h2-8,10-15,20,26,30H,9,16-19,21-22H2,1H3,(H,35,36). The largest absolute Gasteiger partial charge is 0.482 e. The summed E-state index contributed by atoms with van der Waals surface area (Å²) in [6, 6.07) is 21.4. The van der Waals surface area contributed by atoms with Crippen molar-refractivity contribution in [2.75, 3.05) is 38.4 Å². The van der Waals surface area contributed by atoms with Crippen LogP contribution >= 0.6 is 0 Å². The van der Waals surface area contributed by atoms with E-state index in [0.29, 0.717) is 30.2 Å². The van der Waals surface area contributed by atoms with E-state index in [2.05, 4.69) is 4.90 Å². The molecule has 2 heterocycles. The molecule has 0 aliphatic carbocycles. The zero-order valence-electron chi connectivity index (χ0n) is 23.4. The first-order valence-corrected chi connectivity index (χ1v) is 15.4. The number of carboxylic acids is 1. The summed E-state index contributed by atoms with van der Waals surface area (Å²) >= 11 is 0. The maximum atomic E-state index is 14.1. The number of amides is 1. The second-order valence-corrected chi connectivity index (χ2v) is 12.6. The first-order valence-electron chi connectivity index (χ1n) is 13.9. The van der Waals surface area contributed by atoms with Gasteiger partial charge in [-0.05, 0) is 79.4 Å². The lowest BCUT2D eigenvalue weighted by atomic mass is 10.0. The van der Waals surface area contributed by atoms with Gasteiger partial charge in [-0.3, -0.25) is 14.6 Å². The van der Waals surface area contributed by atoms with Crippen molar-refractivity contribution >= 4 is 33.5 Å². The highest BCUT2D eigenvalue weighted by atomic mass is 32.2. The van der Waals surface area contributed by atoms with Crippen LogP contribution < -0.4 is 9.64 Å². The first kappa shape index (κ1) is 29.5. The fourth-order valence-electron chi connectivity index (χ4n) is 5.36. The molecular weight excluding hydrogens is 556 g/mol. The molecule has 9 nitrogen and oxygen atoms in total. The van der Waals surface area contributed by atoms with Gasteiger partial charge in [-0.1, -0.05) is 48.6 Å². The van der Waals surface area contributed by atoms with E-state index < -0.39 is 33.6 Å². The predicted octanol–water partition coefficient (Wildman–Crippen LogP) is 4.48. The van der Waals surface area contributed by atoms with Crippen molar-refractivity contribution in [2.24, 2.45) is 0 Å². The van der Waals surface area contributed by atoms with E-state index in [1.165, 1.54) is 0 Å². The Morgan fingerprint density at radius 3 is 2.36 bits per heavy atom. The lowest BCUT2D eigenvalue weighted by Gasteiger charge is -2.36. The number of aliphatic carboxylic acids is 1. The number of ether oxygens (including phenoxy) is 2. The molecule has 0 radical (unpaired) electrons. The van der Waals surface area contributed by atoms with Crippen LogP contribution in [0.1, 0.15) is 24.8 Å². The number of nitrogens with zero attached hydrogens (tertiary/aromatic N) is 2. The second-order valence-electron chi connectivity index (χ2n) is 10.5. The van der Waals surface area contributed by atoms with Gasteiger partial charge in [-0.2, -0.15) is 0 Å². The van der Waals surface area contributed by atoms with E-state index in [9.17, 15) is 18.0 Å². The van der Waals surface area contributed by atoms with Crippen LogP contribution in [-0.4, -0.2) is 75.1 Å². The predicted molar refractivity (Wildman–Crippen MR) is 160 cm³/mol. The highest BCUT2D eigenvalue weighted by Gasteiger charge is 2.39. The average molecular weight is 591 g/mol. The van der Waals surface area contributed by atoms with E-state index in [-0.39, 0.29) is 24.0 Å². The van der Waals surface area contributed by atoms with E-state index in [4.69, 9.17) is 14.6 Å². The van der Waals surface area contributed by atoms with Crippen molar-refractivity contribution < 1.29 is 32.6 Å². The first-order chi connectivity index (χ1) is 20.2. The number of hydrogen-bond donors (Lipinski definition) is 1. The number of anilines is 1. The van der Waals surface area contributed by atoms with Crippen molar-refractivity contribution in [1.82, 2.24) is 4.90 Å². The van der Waals surface area contributed by atoms with Gasteiger partial charge in [0.05, 0.1) is 11.6 Å². The number of benzene rings is 3. The number of hydrogen-bond acceptors (Lipinski definition) is 7. The molecule has 220 valence electrons. The van der Waals surface area contributed by atoms with Gasteiger partial charge in [0.1, 0.15) is 11.0 Å². The summed E-state index contributed by atoms with van der Waals surface area (Å²) < 4.78 is 38.8. The van der Waals surface area contributed by atoms with Crippen LogP contribution in [0.3, 0.4) is 0 Å². The number of sulfone groups is 1. The molecule has 1 saturated heterocycles. The Kier molecular flexibility index (Phi) is 9.06. The highest BCUT2D eigenvalue weighted by Crippen LogP contribution is 2.33. The molecule has 1 fully saturated rings.